The van der Waals surface area contributed by atoms with Crippen LogP contribution in [-0.2, 0) is 11.2 Å². The van der Waals surface area contributed by atoms with Crippen LogP contribution in [0.4, 0.5) is 33.0 Å². The average molecular weight is 854 g/mol. The lowest BCUT2D eigenvalue weighted by Gasteiger charge is -2.44. The van der Waals surface area contributed by atoms with Crippen molar-refractivity contribution in [1.29, 1.82) is 0 Å². The van der Waals surface area contributed by atoms with Crippen molar-refractivity contribution < 1.29 is 41.4 Å². The van der Waals surface area contributed by atoms with Crippen molar-refractivity contribution in [3.05, 3.63) is 83.6 Å². The van der Waals surface area contributed by atoms with Crippen LogP contribution in [0.2, 0.25) is 0 Å². The number of aryl methyl sites for hydroxylation is 1. The van der Waals surface area contributed by atoms with E-state index >= 15 is 17.6 Å². The molecule has 2 aromatic heterocycles. The molecular formula is C46H47F4N7O5. The maximum Gasteiger partial charge on any atom is 0.415 e. The highest BCUT2D eigenvalue weighted by Gasteiger charge is 2.49. The summed E-state index contributed by atoms with van der Waals surface area (Å²) in [6.07, 6.45) is 3.93. The number of hydrogen-bond donors (Lipinski definition) is 1. The number of benzene rings is 3. The van der Waals surface area contributed by atoms with Crippen molar-refractivity contribution in [1.82, 2.24) is 30.1 Å². The van der Waals surface area contributed by atoms with E-state index in [9.17, 15) is 9.59 Å². The Kier molecular flexibility index (Phi) is 10.1. The van der Waals surface area contributed by atoms with Crippen molar-refractivity contribution in [3.8, 4) is 23.0 Å². The number of ether oxygens (including phenoxy) is 3. The molecule has 6 aliphatic rings. The maximum absolute atomic E-state index is 17.7. The summed E-state index contributed by atoms with van der Waals surface area (Å²) in [5.74, 6) is -4.63. The summed E-state index contributed by atoms with van der Waals surface area (Å²) < 4.78 is 83.0. The van der Waals surface area contributed by atoms with Crippen LogP contribution in [0.5, 0.6) is 11.8 Å². The molecule has 2 atom stereocenters. The van der Waals surface area contributed by atoms with Crippen LogP contribution in [0.1, 0.15) is 68.9 Å². The van der Waals surface area contributed by atoms with E-state index in [-0.39, 0.29) is 89.4 Å². The number of fused-ring (bicyclic) bond motifs is 7. The molecule has 3 aromatic carbocycles. The number of carbonyl (C=O) groups is 2. The lowest BCUT2D eigenvalue weighted by atomic mass is 9.88. The smallest absolute Gasteiger partial charge is 0.415 e. The molecule has 6 bridgehead atoms. The molecule has 2 unspecified atom stereocenters. The van der Waals surface area contributed by atoms with Gasteiger partial charge >= 0.3 is 18.2 Å². The number of amides is 2. The molecule has 62 heavy (non-hydrogen) atoms. The first kappa shape index (κ1) is 40.3. The third kappa shape index (κ3) is 7.49. The molecule has 0 radical (unpaired) electrons. The van der Waals surface area contributed by atoms with Crippen molar-refractivity contribution in [3.63, 3.8) is 0 Å². The monoisotopic (exact) mass is 853 g/mol. The molecule has 12 nitrogen and oxygen atoms in total. The zero-order valence-corrected chi connectivity index (χ0v) is 34.4. The Balaban J connectivity index is 1.10. The Labute approximate surface area is 355 Å². The molecule has 6 aliphatic heterocycles. The molecule has 0 saturated carbocycles. The lowest BCUT2D eigenvalue weighted by Crippen LogP contribution is -2.63. The number of halogens is 4. The summed E-state index contributed by atoms with van der Waals surface area (Å²) in [7, 11) is 0. The normalized spacial score (nSPS) is 23.4. The van der Waals surface area contributed by atoms with E-state index in [0.717, 1.165) is 50.8 Å². The number of pyridine rings is 1. The van der Waals surface area contributed by atoms with E-state index in [2.05, 4.69) is 25.2 Å². The van der Waals surface area contributed by atoms with Crippen LogP contribution in [0.15, 0.2) is 60.8 Å². The second-order valence-corrected chi connectivity index (χ2v) is 17.8. The van der Waals surface area contributed by atoms with Gasteiger partial charge in [0.05, 0.1) is 29.6 Å². The van der Waals surface area contributed by atoms with Crippen molar-refractivity contribution in [2.24, 2.45) is 0 Å². The fraction of sp³-hybridized carbons (Fsp3) is 0.457. The van der Waals surface area contributed by atoms with Gasteiger partial charge in [-0.25, -0.2) is 27.2 Å². The van der Waals surface area contributed by atoms with E-state index < -0.39 is 48.2 Å². The number of alkyl halides is 2. The lowest BCUT2D eigenvalue weighted by molar-refractivity contribution is -0.0390. The maximum atomic E-state index is 17.7. The quantitative estimate of drug-likeness (QED) is 0.173. The highest BCUT2D eigenvalue weighted by atomic mass is 19.3. The third-order valence-corrected chi connectivity index (χ3v) is 13.4. The number of anilines is 1. The molecule has 4 saturated heterocycles. The zero-order chi connectivity index (χ0) is 42.8. The van der Waals surface area contributed by atoms with Crippen LogP contribution in [0, 0.1) is 11.6 Å². The van der Waals surface area contributed by atoms with Crippen LogP contribution in [0.25, 0.3) is 32.9 Å². The van der Waals surface area contributed by atoms with Gasteiger partial charge in [0.15, 0.2) is 5.82 Å². The summed E-state index contributed by atoms with van der Waals surface area (Å²) in [5.41, 5.74) is -0.752. The summed E-state index contributed by atoms with van der Waals surface area (Å²) in [4.78, 5) is 46.0. The number of hydrogen-bond acceptors (Lipinski definition) is 10. The highest BCUT2D eigenvalue weighted by molar-refractivity contribution is 6.02. The van der Waals surface area contributed by atoms with E-state index in [1.165, 1.54) is 36.2 Å². The summed E-state index contributed by atoms with van der Waals surface area (Å²) >= 11 is 0. The molecule has 5 aromatic rings. The molecule has 8 heterocycles. The summed E-state index contributed by atoms with van der Waals surface area (Å²) in [6, 6.07) is 15.6. The fourth-order valence-corrected chi connectivity index (χ4v) is 10.6. The minimum absolute atomic E-state index is 0.0346. The highest BCUT2D eigenvalue weighted by Crippen LogP contribution is 2.43. The van der Waals surface area contributed by atoms with Gasteiger partial charge in [-0.3, -0.25) is 9.88 Å². The van der Waals surface area contributed by atoms with Crippen molar-refractivity contribution >= 4 is 39.7 Å². The summed E-state index contributed by atoms with van der Waals surface area (Å²) in [6.45, 7) is 3.45. The van der Waals surface area contributed by atoms with Gasteiger partial charge < -0.3 is 29.3 Å². The van der Waals surface area contributed by atoms with Gasteiger partial charge in [-0.1, -0.05) is 36.4 Å². The first-order chi connectivity index (χ1) is 29.9. The standard InChI is InChI=1S/C46H47F4N7O5/c1-44-24-46(49,50)26-56(25-44)40-34-22-51-38(37(48)39(34)52-41(53-40)61-27-45-14-6-16-57(45)17-7-15-45)33-21-31(62-43(59)55-18-13-30(23-55)28-8-3-2-4-9-28)20-29-11-12-35(47)32(36(29)33)10-5-19-60-42(58)54-44/h2-4,8-9,11-12,20-22,30H,5-7,10,13-19,23-27H2,1H3,(H,54,58). The van der Waals surface area contributed by atoms with Crippen LogP contribution in [0.3, 0.4) is 0 Å². The van der Waals surface area contributed by atoms with Gasteiger partial charge in [-0.15, -0.1) is 0 Å². The Morgan fingerprint density at radius 1 is 1.00 bits per heavy atom. The topological polar surface area (TPSA) is 122 Å². The SMILES string of the molecule is CC12CN(CC(F)(F)C1)c1nc(OCC34CCCN3CCC4)nc3c(F)c(ncc13)-c1cc(OC(=O)N3CCC(c4ccccc4)C3)cc3ccc(F)c(c13)CCCOC(=O)N2. The predicted molar refractivity (Wildman–Crippen MR) is 223 cm³/mol. The number of likely N-dealkylation sites (tertiary alicyclic amines) is 1. The molecule has 4 fully saturated rings. The minimum atomic E-state index is -3.30. The van der Waals surface area contributed by atoms with E-state index in [1.807, 2.05) is 30.3 Å². The minimum Gasteiger partial charge on any atom is -0.461 e. The molecule has 0 aliphatic carbocycles. The van der Waals surface area contributed by atoms with Crippen LogP contribution >= 0.6 is 0 Å². The molecule has 0 spiro atoms. The number of aromatic nitrogens is 3. The zero-order valence-electron chi connectivity index (χ0n) is 34.4. The van der Waals surface area contributed by atoms with Gasteiger partial charge in [-0.2, -0.15) is 9.97 Å². The van der Waals surface area contributed by atoms with Gasteiger partial charge in [0.25, 0.3) is 5.92 Å². The fourth-order valence-electron chi connectivity index (χ4n) is 10.6. The largest absolute Gasteiger partial charge is 0.461 e. The second kappa shape index (κ2) is 15.5. The van der Waals surface area contributed by atoms with E-state index in [4.69, 9.17) is 14.2 Å². The van der Waals surface area contributed by atoms with Crippen LogP contribution < -0.4 is 19.7 Å². The molecular weight excluding hydrogens is 807 g/mol. The Morgan fingerprint density at radius 2 is 1.81 bits per heavy atom. The van der Waals surface area contributed by atoms with E-state index in [1.54, 1.807) is 11.0 Å². The third-order valence-electron chi connectivity index (χ3n) is 13.4. The van der Waals surface area contributed by atoms with Gasteiger partial charge in [0.2, 0.25) is 0 Å². The van der Waals surface area contributed by atoms with Gasteiger partial charge in [0, 0.05) is 43.7 Å². The number of nitrogens with one attached hydrogen (secondary N) is 1. The van der Waals surface area contributed by atoms with Gasteiger partial charge in [0.1, 0.15) is 35.2 Å². The molecule has 324 valence electrons. The Morgan fingerprint density at radius 3 is 2.61 bits per heavy atom. The number of alkyl carbamates (subject to hydrolysis) is 1. The number of piperidine rings is 1. The molecule has 11 rings (SSSR count). The number of carbonyl (C=O) groups excluding carboxylic acids is 2. The molecule has 2 amide bonds. The van der Waals surface area contributed by atoms with Crippen molar-refractivity contribution in [2.75, 3.05) is 57.4 Å². The number of rotatable bonds is 5. The first-order valence-electron chi connectivity index (χ1n) is 21.5. The summed E-state index contributed by atoms with van der Waals surface area (Å²) in [5, 5.41) is 3.44. The van der Waals surface area contributed by atoms with Crippen LogP contribution in [-0.4, -0.2) is 106 Å². The Hall–Kier alpha value is -5.77. The Bertz CT molecular complexity index is 2570. The van der Waals surface area contributed by atoms with E-state index in [0.29, 0.717) is 23.9 Å². The molecule has 1 N–H and O–H groups in total. The average Bonchev–Trinajstić information content (AvgIpc) is 3.99. The molecule has 16 heteroatoms. The van der Waals surface area contributed by atoms with Gasteiger partial charge in [-0.05, 0) is 105 Å². The van der Waals surface area contributed by atoms with Crippen molar-refractivity contribution in [2.45, 2.75) is 81.2 Å². The first-order valence-corrected chi connectivity index (χ1v) is 21.5. The predicted octanol–water partition coefficient (Wildman–Crippen LogP) is 8.40. The number of nitrogens with zero attached hydrogens (tertiary/aromatic N) is 6. The second-order valence-electron chi connectivity index (χ2n) is 17.8.